The van der Waals surface area contributed by atoms with Gasteiger partial charge in [-0.15, -0.1) is 12.4 Å². The Morgan fingerprint density at radius 3 is 2.33 bits per heavy atom. The Kier molecular flexibility index (Phi) is 6.42. The molecule has 30 heavy (non-hydrogen) atoms. The van der Waals surface area contributed by atoms with Crippen LogP contribution in [0.25, 0.3) is 11.0 Å². The van der Waals surface area contributed by atoms with Crippen molar-refractivity contribution in [2.24, 2.45) is 0 Å². The molecule has 1 aromatic heterocycles. The highest BCUT2D eigenvalue weighted by Gasteiger charge is 2.30. The zero-order valence-electron chi connectivity index (χ0n) is 15.8. The number of alkyl halides is 3. The van der Waals surface area contributed by atoms with Gasteiger partial charge in [0.1, 0.15) is 0 Å². The SMILES string of the molecule is Cl.O=C(Nc1ccc(C(F)(F)F)cc1)Nc1cc(N2CCNCC2)c2occc2c1. The first-order valence-corrected chi connectivity index (χ1v) is 9.12. The lowest BCUT2D eigenvalue weighted by atomic mass is 10.1. The first-order valence-electron chi connectivity index (χ1n) is 9.12. The number of urea groups is 1. The van der Waals surface area contributed by atoms with E-state index in [0.717, 1.165) is 55.0 Å². The molecule has 0 unspecified atom stereocenters. The number of nitrogens with one attached hydrogen (secondary N) is 3. The first kappa shape index (κ1) is 21.8. The summed E-state index contributed by atoms with van der Waals surface area (Å²) in [5.74, 6) is 0. The van der Waals surface area contributed by atoms with Crippen LogP contribution in [0.15, 0.2) is 53.1 Å². The topological polar surface area (TPSA) is 69.5 Å². The number of nitrogens with zero attached hydrogens (tertiary/aromatic N) is 1. The van der Waals surface area contributed by atoms with E-state index in [1.54, 1.807) is 12.3 Å². The molecule has 0 saturated carbocycles. The highest BCUT2D eigenvalue weighted by atomic mass is 35.5. The number of amides is 2. The van der Waals surface area contributed by atoms with Gasteiger partial charge in [0.25, 0.3) is 0 Å². The second kappa shape index (κ2) is 8.85. The molecule has 2 amide bonds. The average molecular weight is 441 g/mol. The summed E-state index contributed by atoms with van der Waals surface area (Å²) in [5.41, 5.74) is 1.70. The average Bonchev–Trinajstić information content (AvgIpc) is 3.16. The van der Waals surface area contributed by atoms with Gasteiger partial charge in [-0.25, -0.2) is 4.79 Å². The fourth-order valence-corrected chi connectivity index (χ4v) is 3.31. The summed E-state index contributed by atoms with van der Waals surface area (Å²) in [5, 5.41) is 9.43. The van der Waals surface area contributed by atoms with Crippen molar-refractivity contribution >= 4 is 46.5 Å². The third kappa shape index (κ3) is 4.80. The molecule has 3 aromatic rings. The Hall–Kier alpha value is -2.91. The molecular formula is C20H20ClF3N4O2. The molecule has 160 valence electrons. The number of fused-ring (bicyclic) bond motifs is 1. The van der Waals surface area contributed by atoms with Crippen LogP contribution in [0, 0.1) is 0 Å². The summed E-state index contributed by atoms with van der Waals surface area (Å²) in [4.78, 5) is 14.5. The minimum absolute atomic E-state index is 0. The van der Waals surface area contributed by atoms with Crippen molar-refractivity contribution in [1.29, 1.82) is 0 Å². The van der Waals surface area contributed by atoms with E-state index in [2.05, 4.69) is 20.9 Å². The van der Waals surface area contributed by atoms with Gasteiger partial charge in [0.15, 0.2) is 5.58 Å². The molecule has 3 N–H and O–H groups in total. The van der Waals surface area contributed by atoms with E-state index < -0.39 is 17.8 Å². The fourth-order valence-electron chi connectivity index (χ4n) is 3.31. The number of furan rings is 1. The molecule has 0 bridgehead atoms. The number of hydrogen-bond donors (Lipinski definition) is 3. The van der Waals surface area contributed by atoms with Crippen LogP contribution in [-0.2, 0) is 6.18 Å². The van der Waals surface area contributed by atoms with Gasteiger partial charge in [-0.3, -0.25) is 0 Å². The molecule has 6 nitrogen and oxygen atoms in total. The van der Waals surface area contributed by atoms with Gasteiger partial charge in [0.05, 0.1) is 17.5 Å². The van der Waals surface area contributed by atoms with Crippen LogP contribution in [0.5, 0.6) is 0 Å². The lowest BCUT2D eigenvalue weighted by molar-refractivity contribution is -0.137. The van der Waals surface area contributed by atoms with Gasteiger partial charge in [-0.1, -0.05) is 0 Å². The van der Waals surface area contributed by atoms with E-state index in [4.69, 9.17) is 4.42 Å². The molecule has 4 rings (SSSR count). The normalized spacial score (nSPS) is 14.3. The molecule has 0 radical (unpaired) electrons. The molecule has 1 aliphatic rings. The summed E-state index contributed by atoms with van der Waals surface area (Å²) >= 11 is 0. The molecule has 10 heteroatoms. The number of rotatable bonds is 3. The van der Waals surface area contributed by atoms with Gasteiger partial charge in [-0.05, 0) is 42.5 Å². The highest BCUT2D eigenvalue weighted by molar-refractivity contribution is 6.02. The third-order valence-electron chi connectivity index (χ3n) is 4.72. The zero-order valence-corrected chi connectivity index (χ0v) is 16.6. The zero-order chi connectivity index (χ0) is 20.4. The van der Waals surface area contributed by atoms with E-state index in [-0.39, 0.29) is 18.1 Å². The maximum absolute atomic E-state index is 12.6. The van der Waals surface area contributed by atoms with Crippen molar-refractivity contribution in [3.8, 4) is 0 Å². The van der Waals surface area contributed by atoms with Crippen LogP contribution >= 0.6 is 12.4 Å². The summed E-state index contributed by atoms with van der Waals surface area (Å²) < 4.78 is 43.6. The van der Waals surface area contributed by atoms with Crippen LogP contribution in [0.2, 0.25) is 0 Å². The van der Waals surface area contributed by atoms with E-state index in [1.807, 2.05) is 12.1 Å². The number of piperazine rings is 1. The number of halogens is 4. The smallest absolute Gasteiger partial charge is 0.416 e. The predicted molar refractivity (Wildman–Crippen MR) is 113 cm³/mol. The van der Waals surface area contributed by atoms with E-state index in [9.17, 15) is 18.0 Å². The Balaban J connectivity index is 0.00000256. The van der Waals surface area contributed by atoms with Crippen molar-refractivity contribution in [3.05, 3.63) is 54.3 Å². The molecule has 0 spiro atoms. The van der Waals surface area contributed by atoms with Gasteiger partial charge in [0, 0.05) is 42.9 Å². The second-order valence-corrected chi connectivity index (χ2v) is 6.73. The molecule has 1 fully saturated rings. The van der Waals surface area contributed by atoms with Crippen LogP contribution < -0.4 is 20.9 Å². The summed E-state index contributed by atoms with van der Waals surface area (Å²) in [6.07, 6.45) is -2.82. The standard InChI is InChI=1S/C20H19F3N4O2.ClH/c21-20(22,23)14-1-3-15(4-2-14)25-19(28)26-16-11-13-5-10-29-18(13)17(12-16)27-8-6-24-7-9-27;/h1-5,10-12,24H,6-9H2,(H2,25,26,28);1H. The maximum Gasteiger partial charge on any atom is 0.416 e. The van der Waals surface area contributed by atoms with Gasteiger partial charge >= 0.3 is 12.2 Å². The highest BCUT2D eigenvalue weighted by Crippen LogP contribution is 2.32. The molecule has 0 aliphatic carbocycles. The number of hydrogen-bond acceptors (Lipinski definition) is 4. The first-order chi connectivity index (χ1) is 13.9. The van der Waals surface area contributed by atoms with Gasteiger partial charge in [-0.2, -0.15) is 13.2 Å². The van der Waals surface area contributed by atoms with Crippen molar-refractivity contribution < 1.29 is 22.4 Å². The quantitative estimate of drug-likeness (QED) is 0.540. The minimum atomic E-state index is -4.42. The summed E-state index contributed by atoms with van der Waals surface area (Å²) in [6.45, 7) is 3.34. The second-order valence-electron chi connectivity index (χ2n) is 6.73. The van der Waals surface area contributed by atoms with Crippen LogP contribution in [-0.4, -0.2) is 32.2 Å². The molecule has 2 heterocycles. The maximum atomic E-state index is 12.6. The van der Waals surface area contributed by atoms with Crippen LogP contribution in [0.1, 0.15) is 5.56 Å². The van der Waals surface area contributed by atoms with Crippen molar-refractivity contribution in [1.82, 2.24) is 5.32 Å². The van der Waals surface area contributed by atoms with E-state index in [1.165, 1.54) is 12.1 Å². The van der Waals surface area contributed by atoms with Gasteiger partial charge in [0.2, 0.25) is 0 Å². The monoisotopic (exact) mass is 440 g/mol. The number of carbonyl (C=O) groups excluding carboxylic acids is 1. The van der Waals surface area contributed by atoms with Crippen molar-refractivity contribution in [2.75, 3.05) is 41.7 Å². The predicted octanol–water partition coefficient (Wildman–Crippen LogP) is 4.93. The lowest BCUT2D eigenvalue weighted by Crippen LogP contribution is -2.43. The van der Waals surface area contributed by atoms with E-state index in [0.29, 0.717) is 5.69 Å². The lowest BCUT2D eigenvalue weighted by Gasteiger charge is -2.29. The summed E-state index contributed by atoms with van der Waals surface area (Å²) in [7, 11) is 0. The minimum Gasteiger partial charge on any atom is -0.462 e. The molecular weight excluding hydrogens is 421 g/mol. The number of anilines is 3. The third-order valence-corrected chi connectivity index (χ3v) is 4.72. The van der Waals surface area contributed by atoms with Crippen molar-refractivity contribution in [2.45, 2.75) is 6.18 Å². The van der Waals surface area contributed by atoms with Crippen LogP contribution in [0.3, 0.4) is 0 Å². The van der Waals surface area contributed by atoms with Crippen molar-refractivity contribution in [3.63, 3.8) is 0 Å². The Labute approximate surface area is 176 Å². The number of carbonyl (C=O) groups is 1. The van der Waals surface area contributed by atoms with Crippen LogP contribution in [0.4, 0.5) is 35.0 Å². The fraction of sp³-hybridized carbons (Fsp3) is 0.250. The number of benzene rings is 2. The molecule has 2 aromatic carbocycles. The molecule has 1 aliphatic heterocycles. The molecule has 1 saturated heterocycles. The Morgan fingerprint density at radius 2 is 1.67 bits per heavy atom. The largest absolute Gasteiger partial charge is 0.462 e. The Bertz CT molecular complexity index is 1020. The summed E-state index contributed by atoms with van der Waals surface area (Å²) in [6, 6.07) is 9.19. The molecule has 0 atom stereocenters. The van der Waals surface area contributed by atoms with E-state index >= 15 is 0 Å². The Morgan fingerprint density at radius 1 is 1.00 bits per heavy atom. The van der Waals surface area contributed by atoms with Gasteiger partial charge < -0.3 is 25.3 Å².